The molecule has 1 atom stereocenters. The Balaban J connectivity index is 1.80. The van der Waals surface area contributed by atoms with Gasteiger partial charge in [0.05, 0.1) is 0 Å². The first-order valence-corrected chi connectivity index (χ1v) is 10.3. The van der Waals surface area contributed by atoms with E-state index in [1.54, 1.807) is 12.1 Å². The molecule has 2 rings (SSSR count). The van der Waals surface area contributed by atoms with Gasteiger partial charge in [-0.2, -0.15) is 0 Å². The van der Waals surface area contributed by atoms with Crippen LogP contribution in [0.3, 0.4) is 0 Å². The molecule has 150 valence electrons. The van der Waals surface area contributed by atoms with Crippen LogP contribution in [0.4, 0.5) is 0 Å². The van der Waals surface area contributed by atoms with Gasteiger partial charge in [-0.15, -0.1) is 0 Å². The van der Waals surface area contributed by atoms with Crippen molar-refractivity contribution in [2.45, 2.75) is 45.1 Å². The first-order valence-electron chi connectivity index (χ1n) is 9.54. The molecule has 0 aliphatic rings. The first-order chi connectivity index (χ1) is 13.5. The number of halogens is 2. The van der Waals surface area contributed by atoms with Crippen LogP contribution in [0.15, 0.2) is 48.5 Å². The molecule has 0 heterocycles. The van der Waals surface area contributed by atoms with Crippen molar-refractivity contribution < 1.29 is 9.59 Å². The zero-order valence-corrected chi connectivity index (χ0v) is 17.5. The fraction of sp³-hybridized carbons (Fsp3) is 0.364. The molecule has 0 aromatic heterocycles. The number of nitrogens with one attached hydrogen (secondary N) is 2. The molecular weight excluding hydrogens is 395 g/mol. The summed E-state index contributed by atoms with van der Waals surface area (Å²) in [5.41, 5.74) is 2.03. The van der Waals surface area contributed by atoms with E-state index < -0.39 is 6.04 Å². The van der Waals surface area contributed by atoms with Crippen LogP contribution in [-0.2, 0) is 22.4 Å². The van der Waals surface area contributed by atoms with E-state index in [0.717, 1.165) is 17.5 Å². The third kappa shape index (κ3) is 7.53. The van der Waals surface area contributed by atoms with Crippen molar-refractivity contribution in [1.29, 1.82) is 0 Å². The van der Waals surface area contributed by atoms with Crippen molar-refractivity contribution >= 4 is 35.0 Å². The maximum absolute atomic E-state index is 12.5. The van der Waals surface area contributed by atoms with E-state index in [4.69, 9.17) is 23.2 Å². The molecule has 6 heteroatoms. The molecule has 2 N–H and O–H groups in total. The Hall–Kier alpha value is -2.04. The summed E-state index contributed by atoms with van der Waals surface area (Å²) in [5.74, 6) is -0.279. The van der Waals surface area contributed by atoms with Crippen molar-refractivity contribution in [3.63, 3.8) is 0 Å². The van der Waals surface area contributed by atoms with E-state index in [1.807, 2.05) is 43.3 Å². The quantitative estimate of drug-likeness (QED) is 0.591. The lowest BCUT2D eigenvalue weighted by Crippen LogP contribution is -2.47. The fourth-order valence-corrected chi connectivity index (χ4v) is 3.40. The Labute approximate surface area is 176 Å². The average molecular weight is 421 g/mol. The number of amides is 2. The van der Waals surface area contributed by atoms with Crippen molar-refractivity contribution in [3.05, 3.63) is 69.7 Å². The monoisotopic (exact) mass is 420 g/mol. The van der Waals surface area contributed by atoms with Crippen molar-refractivity contribution in [2.24, 2.45) is 0 Å². The minimum absolute atomic E-state index is 0.113. The molecule has 0 radical (unpaired) electrons. The Morgan fingerprint density at radius 3 is 2.46 bits per heavy atom. The Morgan fingerprint density at radius 2 is 1.79 bits per heavy atom. The van der Waals surface area contributed by atoms with Crippen LogP contribution in [-0.4, -0.2) is 24.4 Å². The molecule has 4 nitrogen and oxygen atoms in total. The molecule has 0 saturated heterocycles. The summed E-state index contributed by atoms with van der Waals surface area (Å²) in [6, 6.07) is 14.6. The van der Waals surface area contributed by atoms with E-state index in [-0.39, 0.29) is 11.8 Å². The normalized spacial score (nSPS) is 11.7. The summed E-state index contributed by atoms with van der Waals surface area (Å²) in [4.78, 5) is 24.7. The van der Waals surface area contributed by atoms with E-state index >= 15 is 0 Å². The van der Waals surface area contributed by atoms with Gasteiger partial charge in [-0.25, -0.2) is 0 Å². The second-order valence-electron chi connectivity index (χ2n) is 6.67. The van der Waals surface area contributed by atoms with Crippen LogP contribution in [0.1, 0.15) is 37.3 Å². The second-order valence-corrected chi connectivity index (χ2v) is 7.51. The lowest BCUT2D eigenvalue weighted by atomic mass is 10.1. The van der Waals surface area contributed by atoms with Crippen LogP contribution in [0, 0.1) is 0 Å². The number of carbonyl (C=O) groups is 2. The first kappa shape index (κ1) is 22.3. The predicted molar refractivity (Wildman–Crippen MR) is 115 cm³/mol. The maximum Gasteiger partial charge on any atom is 0.242 e. The number of rotatable bonds is 10. The molecule has 0 bridgehead atoms. The second kappa shape index (κ2) is 11.7. The van der Waals surface area contributed by atoms with Crippen LogP contribution < -0.4 is 10.6 Å². The molecule has 0 aliphatic carbocycles. The Bertz CT molecular complexity index is 781. The highest BCUT2D eigenvalue weighted by Crippen LogP contribution is 2.21. The van der Waals surface area contributed by atoms with Gasteiger partial charge in [0.1, 0.15) is 6.04 Å². The van der Waals surface area contributed by atoms with Gasteiger partial charge in [-0.1, -0.05) is 72.9 Å². The summed E-state index contributed by atoms with van der Waals surface area (Å²) in [7, 11) is 0. The molecule has 0 fully saturated rings. The summed E-state index contributed by atoms with van der Waals surface area (Å²) in [6.07, 6.45) is 3.02. The highest BCUT2D eigenvalue weighted by molar-refractivity contribution is 6.35. The summed E-state index contributed by atoms with van der Waals surface area (Å²) in [6.45, 7) is 2.43. The molecule has 0 spiro atoms. The molecule has 28 heavy (non-hydrogen) atoms. The lowest BCUT2D eigenvalue weighted by molar-refractivity contribution is -0.129. The van der Waals surface area contributed by atoms with Gasteiger partial charge in [-0.05, 0) is 42.5 Å². The lowest BCUT2D eigenvalue weighted by Gasteiger charge is -2.18. The van der Waals surface area contributed by atoms with Gasteiger partial charge in [0.2, 0.25) is 11.8 Å². The SMILES string of the molecule is CCCC(NC(=O)CCc1ccccc1)C(=O)NCCc1ccc(Cl)cc1Cl. The summed E-state index contributed by atoms with van der Waals surface area (Å²) >= 11 is 12.1. The molecular formula is C22H26Cl2N2O2. The van der Waals surface area contributed by atoms with Crippen molar-refractivity contribution in [2.75, 3.05) is 6.54 Å². The molecule has 2 aromatic rings. The number of aryl methyl sites for hydroxylation is 1. The Kier molecular flexibility index (Phi) is 9.32. The molecule has 2 amide bonds. The van der Waals surface area contributed by atoms with Gasteiger partial charge in [0, 0.05) is 23.0 Å². The smallest absolute Gasteiger partial charge is 0.242 e. The van der Waals surface area contributed by atoms with E-state index in [1.165, 1.54) is 0 Å². The van der Waals surface area contributed by atoms with E-state index in [0.29, 0.717) is 42.3 Å². The maximum atomic E-state index is 12.5. The van der Waals surface area contributed by atoms with Crippen molar-refractivity contribution in [1.82, 2.24) is 10.6 Å². The molecule has 0 saturated carbocycles. The third-order valence-electron chi connectivity index (χ3n) is 4.42. The van der Waals surface area contributed by atoms with Crippen LogP contribution in [0.25, 0.3) is 0 Å². The van der Waals surface area contributed by atoms with Gasteiger partial charge >= 0.3 is 0 Å². The minimum atomic E-state index is -0.519. The summed E-state index contributed by atoms with van der Waals surface area (Å²) < 4.78 is 0. The third-order valence-corrected chi connectivity index (χ3v) is 5.01. The molecule has 0 aliphatic heterocycles. The highest BCUT2D eigenvalue weighted by atomic mass is 35.5. The zero-order valence-electron chi connectivity index (χ0n) is 16.0. The van der Waals surface area contributed by atoms with Gasteiger partial charge in [0.15, 0.2) is 0 Å². The molecule has 2 aromatic carbocycles. The molecule has 1 unspecified atom stereocenters. The Morgan fingerprint density at radius 1 is 1.04 bits per heavy atom. The number of benzene rings is 2. The minimum Gasteiger partial charge on any atom is -0.354 e. The highest BCUT2D eigenvalue weighted by Gasteiger charge is 2.19. The van der Waals surface area contributed by atoms with Gasteiger partial charge in [-0.3, -0.25) is 9.59 Å². The number of carbonyl (C=O) groups excluding carboxylic acids is 2. The standard InChI is InChI=1S/C22H26Cl2N2O2/c1-2-6-20(26-21(27)12-9-16-7-4-3-5-8-16)22(28)25-14-13-17-10-11-18(23)15-19(17)24/h3-5,7-8,10-11,15,20H,2,6,9,12-14H2,1H3,(H,25,28)(H,26,27). The largest absolute Gasteiger partial charge is 0.354 e. The van der Waals surface area contributed by atoms with Crippen molar-refractivity contribution in [3.8, 4) is 0 Å². The average Bonchev–Trinajstić information content (AvgIpc) is 2.68. The topological polar surface area (TPSA) is 58.2 Å². The van der Waals surface area contributed by atoms with Gasteiger partial charge in [0.25, 0.3) is 0 Å². The fourth-order valence-electron chi connectivity index (χ4n) is 2.89. The van der Waals surface area contributed by atoms with Gasteiger partial charge < -0.3 is 10.6 Å². The zero-order chi connectivity index (χ0) is 20.4. The predicted octanol–water partition coefficient (Wildman–Crippen LogP) is 4.57. The van der Waals surface area contributed by atoms with Crippen LogP contribution >= 0.6 is 23.2 Å². The summed E-state index contributed by atoms with van der Waals surface area (Å²) in [5, 5.41) is 6.92. The van der Waals surface area contributed by atoms with E-state index in [2.05, 4.69) is 10.6 Å². The van der Waals surface area contributed by atoms with Crippen LogP contribution in [0.5, 0.6) is 0 Å². The number of hydrogen-bond acceptors (Lipinski definition) is 2. The number of hydrogen-bond donors (Lipinski definition) is 2. The van der Waals surface area contributed by atoms with E-state index in [9.17, 15) is 9.59 Å². The van der Waals surface area contributed by atoms with Crippen LogP contribution in [0.2, 0.25) is 10.0 Å².